The number of likely N-dealkylation sites (N-methyl/N-ethyl adjacent to an activating group) is 1. The van der Waals surface area contributed by atoms with E-state index >= 15 is 0 Å². The van der Waals surface area contributed by atoms with Gasteiger partial charge in [0, 0.05) is 41.5 Å². The molecular weight excluding hydrogens is 491 g/mol. The molecular formula is C26H32Cl2N2O3S. The van der Waals surface area contributed by atoms with Crippen LogP contribution in [0.1, 0.15) is 62.6 Å². The van der Waals surface area contributed by atoms with Crippen LogP contribution in [0.3, 0.4) is 0 Å². The molecule has 0 radical (unpaired) electrons. The van der Waals surface area contributed by atoms with Gasteiger partial charge in [-0.1, -0.05) is 61.3 Å². The van der Waals surface area contributed by atoms with Gasteiger partial charge in [0.2, 0.25) is 15.9 Å². The molecule has 5 nitrogen and oxygen atoms in total. The van der Waals surface area contributed by atoms with Crippen molar-refractivity contribution in [3.05, 3.63) is 69.7 Å². The monoisotopic (exact) mass is 522 g/mol. The number of carbonyl (C=O) groups is 1. The van der Waals surface area contributed by atoms with Crippen molar-refractivity contribution in [3.8, 4) is 0 Å². The first kappa shape index (κ1) is 25.5. The summed E-state index contributed by atoms with van der Waals surface area (Å²) in [7, 11) is -1.70. The van der Waals surface area contributed by atoms with Crippen molar-refractivity contribution in [3.63, 3.8) is 0 Å². The van der Waals surface area contributed by atoms with E-state index in [9.17, 15) is 13.2 Å². The van der Waals surface area contributed by atoms with Crippen LogP contribution >= 0.6 is 23.2 Å². The van der Waals surface area contributed by atoms with E-state index in [1.807, 2.05) is 61.2 Å². The van der Waals surface area contributed by atoms with E-state index in [1.165, 1.54) is 4.31 Å². The largest absolute Gasteiger partial charge is 0.331 e. The maximum atomic E-state index is 13.7. The summed E-state index contributed by atoms with van der Waals surface area (Å²) in [6.07, 6.45) is 2.77. The first-order chi connectivity index (χ1) is 16.1. The van der Waals surface area contributed by atoms with Gasteiger partial charge in [0.05, 0.1) is 11.3 Å². The van der Waals surface area contributed by atoms with E-state index < -0.39 is 10.0 Å². The highest BCUT2D eigenvalue weighted by Gasteiger charge is 2.45. The number of rotatable bonds is 8. The van der Waals surface area contributed by atoms with Crippen LogP contribution in [0.25, 0.3) is 0 Å². The van der Waals surface area contributed by atoms with Crippen molar-refractivity contribution < 1.29 is 13.2 Å². The van der Waals surface area contributed by atoms with Gasteiger partial charge in [-0.2, -0.15) is 0 Å². The zero-order valence-corrected chi connectivity index (χ0v) is 22.2. The van der Waals surface area contributed by atoms with Gasteiger partial charge in [-0.15, -0.1) is 0 Å². The standard InChI is InChI=1S/C26H32Cl2N2O3S/c1-4-22(16-29(3)34(32,33)23-12-13-23)30-25(18-8-10-20(27)11-9-18)24(14-17(2)26(30)31)19-6-5-7-21(28)15-19/h5-11,15,17,22-25H,4,12-14,16H2,1-3H3/t17?,22-,24?,25?/m0/s1. The lowest BCUT2D eigenvalue weighted by atomic mass is 9.75. The Morgan fingerprint density at radius 2 is 1.74 bits per heavy atom. The van der Waals surface area contributed by atoms with Crippen molar-refractivity contribution >= 4 is 39.1 Å². The molecule has 1 heterocycles. The molecule has 3 unspecified atom stereocenters. The molecule has 0 bridgehead atoms. The second-order valence-electron chi connectivity index (χ2n) is 9.63. The molecule has 4 rings (SSSR count). The first-order valence-electron chi connectivity index (χ1n) is 11.9. The van der Waals surface area contributed by atoms with Crippen molar-refractivity contribution in [1.29, 1.82) is 0 Å². The number of carbonyl (C=O) groups excluding carboxylic acids is 1. The smallest absolute Gasteiger partial charge is 0.226 e. The SMILES string of the molecule is CC[C@@H](CN(C)S(=O)(=O)C1CC1)N1C(=O)C(C)CC(c2cccc(Cl)c2)C1c1ccc(Cl)cc1. The van der Waals surface area contributed by atoms with Crippen LogP contribution in [0.15, 0.2) is 48.5 Å². The van der Waals surface area contributed by atoms with Gasteiger partial charge >= 0.3 is 0 Å². The second-order valence-corrected chi connectivity index (χ2v) is 12.8. The van der Waals surface area contributed by atoms with Gasteiger partial charge in [0.25, 0.3) is 0 Å². The number of benzene rings is 2. The summed E-state index contributed by atoms with van der Waals surface area (Å²) >= 11 is 12.5. The number of likely N-dealkylation sites (tertiary alicyclic amines) is 1. The van der Waals surface area contributed by atoms with E-state index in [0.717, 1.165) is 11.1 Å². The Kier molecular flexibility index (Phi) is 7.63. The number of sulfonamides is 1. The van der Waals surface area contributed by atoms with Crippen LogP contribution < -0.4 is 0 Å². The molecule has 8 heteroatoms. The predicted molar refractivity (Wildman–Crippen MR) is 138 cm³/mol. The predicted octanol–water partition coefficient (Wildman–Crippen LogP) is 5.89. The second kappa shape index (κ2) is 10.2. The molecule has 2 aliphatic rings. The highest BCUT2D eigenvalue weighted by atomic mass is 35.5. The molecule has 1 saturated heterocycles. The van der Waals surface area contributed by atoms with E-state index in [0.29, 0.717) is 35.7 Å². The molecule has 0 N–H and O–H groups in total. The zero-order chi connectivity index (χ0) is 24.6. The summed E-state index contributed by atoms with van der Waals surface area (Å²) in [6.45, 7) is 4.25. The Hall–Kier alpha value is -1.60. The van der Waals surface area contributed by atoms with Gasteiger partial charge in [-0.3, -0.25) is 4.79 Å². The van der Waals surface area contributed by atoms with Gasteiger partial charge in [0.15, 0.2) is 0 Å². The third-order valence-corrected chi connectivity index (χ3v) is 9.98. The van der Waals surface area contributed by atoms with Crippen LogP contribution in [0, 0.1) is 5.92 Å². The van der Waals surface area contributed by atoms with E-state index in [2.05, 4.69) is 6.07 Å². The summed E-state index contributed by atoms with van der Waals surface area (Å²) in [5.41, 5.74) is 2.06. The number of hydrogen-bond acceptors (Lipinski definition) is 3. The lowest BCUT2D eigenvalue weighted by Crippen LogP contribution is -2.54. The molecule has 2 fully saturated rings. The highest BCUT2D eigenvalue weighted by Crippen LogP contribution is 2.47. The molecule has 1 aliphatic carbocycles. The van der Waals surface area contributed by atoms with Crippen molar-refractivity contribution in [2.75, 3.05) is 13.6 Å². The number of hydrogen-bond donors (Lipinski definition) is 0. The summed E-state index contributed by atoms with van der Waals surface area (Å²) in [5.74, 6) is -0.110. The van der Waals surface area contributed by atoms with Gasteiger partial charge in [-0.05, 0) is 61.1 Å². The normalized spacial score (nSPS) is 24.5. The summed E-state index contributed by atoms with van der Waals surface area (Å²) in [6, 6.07) is 15.0. The summed E-state index contributed by atoms with van der Waals surface area (Å²) < 4.78 is 27.2. The van der Waals surface area contributed by atoms with Crippen LogP contribution in [-0.4, -0.2) is 48.4 Å². The number of halogens is 2. The van der Waals surface area contributed by atoms with Crippen LogP contribution in [0.2, 0.25) is 10.0 Å². The van der Waals surface area contributed by atoms with Crippen molar-refractivity contribution in [1.82, 2.24) is 9.21 Å². The maximum absolute atomic E-state index is 13.7. The van der Waals surface area contributed by atoms with Crippen LogP contribution in [0.5, 0.6) is 0 Å². The molecule has 4 atom stereocenters. The maximum Gasteiger partial charge on any atom is 0.226 e. The Morgan fingerprint density at radius 3 is 2.32 bits per heavy atom. The Balaban J connectivity index is 1.77. The first-order valence-corrected chi connectivity index (χ1v) is 14.2. The molecule has 2 aromatic carbocycles. The lowest BCUT2D eigenvalue weighted by molar-refractivity contribution is -0.146. The van der Waals surface area contributed by atoms with Gasteiger partial charge in [0.1, 0.15) is 0 Å². The fraction of sp³-hybridized carbons (Fsp3) is 0.500. The average molecular weight is 524 g/mol. The average Bonchev–Trinajstić information content (AvgIpc) is 3.66. The quantitative estimate of drug-likeness (QED) is 0.434. The molecule has 0 aromatic heterocycles. The fourth-order valence-electron chi connectivity index (χ4n) is 5.15. The topological polar surface area (TPSA) is 57.7 Å². The molecule has 1 aliphatic heterocycles. The van der Waals surface area contributed by atoms with E-state index in [-0.39, 0.29) is 41.6 Å². The van der Waals surface area contributed by atoms with E-state index in [1.54, 1.807) is 7.05 Å². The minimum absolute atomic E-state index is 0.0203. The molecule has 184 valence electrons. The van der Waals surface area contributed by atoms with Gasteiger partial charge in [-0.25, -0.2) is 12.7 Å². The minimum Gasteiger partial charge on any atom is -0.331 e. The molecule has 2 aromatic rings. The molecule has 0 spiro atoms. The van der Waals surface area contributed by atoms with Gasteiger partial charge < -0.3 is 4.90 Å². The van der Waals surface area contributed by atoms with Crippen molar-refractivity contribution in [2.24, 2.45) is 5.92 Å². The molecule has 34 heavy (non-hydrogen) atoms. The third-order valence-electron chi connectivity index (χ3n) is 7.17. The Labute approximate surface area is 213 Å². The fourth-order valence-corrected chi connectivity index (χ4v) is 7.09. The van der Waals surface area contributed by atoms with Crippen molar-refractivity contribution in [2.45, 2.75) is 62.8 Å². The molecule has 1 saturated carbocycles. The summed E-state index contributed by atoms with van der Waals surface area (Å²) in [5, 5.41) is 1.01. The van der Waals surface area contributed by atoms with Crippen LogP contribution in [-0.2, 0) is 14.8 Å². The lowest BCUT2D eigenvalue weighted by Gasteiger charge is -2.48. The summed E-state index contributed by atoms with van der Waals surface area (Å²) in [4.78, 5) is 15.6. The number of amides is 1. The zero-order valence-electron chi connectivity index (χ0n) is 19.8. The van der Waals surface area contributed by atoms with E-state index in [4.69, 9.17) is 23.2 Å². The molecule has 1 amide bonds. The Bertz CT molecular complexity index is 1130. The number of nitrogens with zero attached hydrogens (tertiary/aromatic N) is 2. The number of piperidine rings is 1. The third kappa shape index (κ3) is 5.15. The Morgan fingerprint density at radius 1 is 1.06 bits per heavy atom. The minimum atomic E-state index is -3.34. The van der Waals surface area contributed by atoms with Crippen LogP contribution in [0.4, 0.5) is 0 Å². The highest BCUT2D eigenvalue weighted by molar-refractivity contribution is 7.90.